The van der Waals surface area contributed by atoms with E-state index in [2.05, 4.69) is 71.9 Å². The van der Waals surface area contributed by atoms with Gasteiger partial charge in [-0.3, -0.25) is 0 Å². The van der Waals surface area contributed by atoms with Crippen LogP contribution in [-0.2, 0) is 16.7 Å². The highest BCUT2D eigenvalue weighted by Crippen LogP contribution is 2.48. The van der Waals surface area contributed by atoms with Crippen molar-refractivity contribution in [2.24, 2.45) is 5.92 Å². The lowest BCUT2D eigenvalue weighted by Gasteiger charge is -2.28. The van der Waals surface area contributed by atoms with Crippen LogP contribution in [0.4, 0.5) is 5.69 Å². The molecule has 0 spiro atoms. The summed E-state index contributed by atoms with van der Waals surface area (Å²) in [5, 5.41) is 4.21. The second kappa shape index (κ2) is 14.3. The van der Waals surface area contributed by atoms with Crippen LogP contribution in [0.25, 0.3) is 16.3 Å². The molecule has 3 aromatic carbocycles. The number of hydrogen-bond acceptors (Lipinski definition) is 6. The number of hydrogen-bond donors (Lipinski definition) is 0. The van der Waals surface area contributed by atoms with Gasteiger partial charge in [0.1, 0.15) is 21.4 Å². The van der Waals surface area contributed by atoms with Gasteiger partial charge in [-0.2, -0.15) is 4.57 Å². The van der Waals surface area contributed by atoms with Gasteiger partial charge in [-0.25, -0.2) is 8.42 Å². The van der Waals surface area contributed by atoms with Crippen molar-refractivity contribution >= 4 is 78.4 Å². The molecule has 10 heteroatoms. The third kappa shape index (κ3) is 7.74. The van der Waals surface area contributed by atoms with Crippen molar-refractivity contribution in [1.29, 1.82) is 0 Å². The molecule has 0 amide bonds. The third-order valence-corrected chi connectivity index (χ3v) is 12.2. The topological polar surface area (TPSA) is 64.3 Å². The molecule has 0 radical (unpaired) electrons. The minimum absolute atomic E-state index is 0.178. The first-order chi connectivity index (χ1) is 22.5. The largest absolute Gasteiger partial charge is 0.744 e. The summed E-state index contributed by atoms with van der Waals surface area (Å²) in [6, 6.07) is 18.2. The summed E-state index contributed by atoms with van der Waals surface area (Å²) in [5.41, 5.74) is 7.81. The summed E-state index contributed by atoms with van der Waals surface area (Å²) in [6.45, 7) is 8.16. The number of halogens is 2. The maximum absolute atomic E-state index is 10.4. The van der Waals surface area contributed by atoms with Crippen LogP contribution >= 0.6 is 46.3 Å². The van der Waals surface area contributed by atoms with Crippen molar-refractivity contribution in [3.63, 3.8) is 0 Å². The summed E-state index contributed by atoms with van der Waals surface area (Å²) in [7, 11) is -4.27. The van der Waals surface area contributed by atoms with Gasteiger partial charge >= 0.3 is 0 Å². The van der Waals surface area contributed by atoms with E-state index in [9.17, 15) is 13.0 Å². The smallest absolute Gasteiger partial charge is 0.263 e. The normalized spacial score (nSPS) is 19.3. The number of anilines is 1. The van der Waals surface area contributed by atoms with Gasteiger partial charge in [0.15, 0.2) is 0 Å². The van der Waals surface area contributed by atoms with Crippen LogP contribution in [0.1, 0.15) is 50.1 Å². The summed E-state index contributed by atoms with van der Waals surface area (Å²) in [6.07, 6.45) is 14.5. The Balaban J connectivity index is 0.000000300. The molecular formula is C37H36Cl2N2O3S3. The fourth-order valence-electron chi connectivity index (χ4n) is 6.28. The number of fused-ring (bicyclic) bond motifs is 3. The van der Waals surface area contributed by atoms with Crippen molar-refractivity contribution in [2.45, 2.75) is 62.8 Å². The van der Waals surface area contributed by atoms with E-state index >= 15 is 0 Å². The number of rotatable bonds is 5. The molecule has 47 heavy (non-hydrogen) atoms. The molecule has 4 aromatic rings. The van der Waals surface area contributed by atoms with Crippen molar-refractivity contribution in [1.82, 2.24) is 0 Å². The van der Waals surface area contributed by atoms with Crippen LogP contribution in [0.15, 0.2) is 110 Å². The second-order valence-corrected chi connectivity index (χ2v) is 16.2. The molecule has 3 aliphatic rings. The first kappa shape index (κ1) is 34.0. The molecule has 0 N–H and O–H groups in total. The van der Waals surface area contributed by atoms with E-state index in [0.717, 1.165) is 41.5 Å². The first-order valence-corrected chi connectivity index (χ1v) is 19.6. The Kier molecular flexibility index (Phi) is 10.4. The third-order valence-electron chi connectivity index (χ3n) is 8.68. The molecule has 1 unspecified atom stereocenters. The maximum atomic E-state index is 10.4. The SMILES string of the molecule is CCN1/C(=C/C2=CC3=C/C(=C/c4sc5cc(Cl)ccc5[n+]4CC)CCC3CC2)Sc2cc(Cl)ccc21.Cc1ccc(S(=O)(=O)[O-])cc1. The van der Waals surface area contributed by atoms with Gasteiger partial charge in [0.05, 0.1) is 15.6 Å². The Labute approximate surface area is 295 Å². The predicted molar refractivity (Wildman–Crippen MR) is 196 cm³/mol. The van der Waals surface area contributed by atoms with Crippen LogP contribution in [0.3, 0.4) is 0 Å². The number of aryl methyl sites for hydroxylation is 2. The van der Waals surface area contributed by atoms with Crippen LogP contribution in [0.5, 0.6) is 0 Å². The zero-order chi connectivity index (χ0) is 33.3. The quantitative estimate of drug-likeness (QED) is 0.152. The average Bonchev–Trinajstić information content (AvgIpc) is 3.56. The van der Waals surface area contributed by atoms with Gasteiger partial charge in [0, 0.05) is 33.6 Å². The molecular weight excluding hydrogens is 688 g/mol. The number of thioether (sulfide) groups is 1. The number of aromatic nitrogens is 1. The van der Waals surface area contributed by atoms with Gasteiger partial charge in [-0.05, 0) is 118 Å². The highest BCUT2D eigenvalue weighted by Gasteiger charge is 2.27. The lowest BCUT2D eigenvalue weighted by atomic mass is 9.77. The molecule has 0 saturated carbocycles. The molecule has 0 saturated heterocycles. The van der Waals surface area contributed by atoms with Gasteiger partial charge < -0.3 is 9.45 Å². The molecule has 7 rings (SSSR count). The summed E-state index contributed by atoms with van der Waals surface area (Å²) < 4.78 is 34.8. The summed E-state index contributed by atoms with van der Waals surface area (Å²) in [5.74, 6) is 0.679. The van der Waals surface area contributed by atoms with E-state index < -0.39 is 10.1 Å². The standard InChI is InChI=1S/C30H29Cl2N2S2.C7H8O3S/c1-3-33-25-11-9-23(31)17-27(25)35-29(33)15-19-5-7-21-8-6-20(14-22(21)13-19)16-30-34(4-2)26-12-10-24(32)18-28(26)36-30;1-6-2-4-7(5-3-6)11(8,9)10/h9-18,21H,3-8H2,1-2H3;2-5H,1H3,(H,8,9,10)/q+1;/p-1. The Morgan fingerprint density at radius 3 is 2.40 bits per heavy atom. The number of allylic oxidation sites excluding steroid dienone is 6. The molecule has 244 valence electrons. The fourth-order valence-corrected chi connectivity index (χ4v) is 9.71. The number of benzene rings is 3. The lowest BCUT2D eigenvalue weighted by molar-refractivity contribution is -0.665. The minimum atomic E-state index is -4.27. The van der Waals surface area contributed by atoms with Crippen molar-refractivity contribution < 1.29 is 17.5 Å². The van der Waals surface area contributed by atoms with E-state index in [1.807, 2.05) is 42.2 Å². The van der Waals surface area contributed by atoms with E-state index in [1.165, 1.54) is 72.5 Å². The van der Waals surface area contributed by atoms with E-state index in [-0.39, 0.29) is 4.90 Å². The van der Waals surface area contributed by atoms with Gasteiger partial charge in [0.25, 0.3) is 5.01 Å². The monoisotopic (exact) mass is 722 g/mol. The van der Waals surface area contributed by atoms with Crippen molar-refractivity contribution in [3.05, 3.63) is 121 Å². The van der Waals surface area contributed by atoms with E-state index in [4.69, 9.17) is 23.2 Å². The molecule has 1 aromatic heterocycles. The van der Waals surface area contributed by atoms with Crippen LogP contribution in [0, 0.1) is 12.8 Å². The zero-order valence-electron chi connectivity index (χ0n) is 26.5. The minimum Gasteiger partial charge on any atom is -0.744 e. The molecule has 0 fully saturated rings. The van der Waals surface area contributed by atoms with Gasteiger partial charge in [-0.1, -0.05) is 76.1 Å². The molecule has 2 aliphatic carbocycles. The Hall–Kier alpha value is -2.85. The number of nitrogens with zero attached hydrogens (tertiary/aromatic N) is 2. The van der Waals surface area contributed by atoms with Crippen molar-refractivity contribution in [2.75, 3.05) is 11.4 Å². The summed E-state index contributed by atoms with van der Waals surface area (Å²) in [4.78, 5) is 3.48. The molecule has 2 heterocycles. The number of thiazole rings is 1. The van der Waals surface area contributed by atoms with E-state index in [0.29, 0.717) is 5.92 Å². The maximum Gasteiger partial charge on any atom is 0.263 e. The average molecular weight is 724 g/mol. The molecule has 1 aliphatic heterocycles. The highest BCUT2D eigenvalue weighted by atomic mass is 35.5. The predicted octanol–water partition coefficient (Wildman–Crippen LogP) is 10.3. The fraction of sp³-hybridized carbons (Fsp3) is 0.270. The van der Waals surface area contributed by atoms with Gasteiger partial charge in [0.2, 0.25) is 5.52 Å². The van der Waals surface area contributed by atoms with E-state index in [1.54, 1.807) is 12.1 Å². The molecule has 0 bridgehead atoms. The zero-order valence-corrected chi connectivity index (χ0v) is 30.5. The second-order valence-electron chi connectivity index (χ2n) is 11.9. The highest BCUT2D eigenvalue weighted by molar-refractivity contribution is 8.03. The van der Waals surface area contributed by atoms with Crippen LogP contribution < -0.4 is 9.47 Å². The van der Waals surface area contributed by atoms with Gasteiger partial charge in [-0.15, -0.1) is 0 Å². The Bertz CT molecular complexity index is 2060. The summed E-state index contributed by atoms with van der Waals surface area (Å²) >= 11 is 16.2. The van der Waals surface area contributed by atoms with Crippen LogP contribution in [-0.4, -0.2) is 19.5 Å². The Morgan fingerprint density at radius 1 is 0.957 bits per heavy atom. The Morgan fingerprint density at radius 2 is 1.68 bits per heavy atom. The van der Waals surface area contributed by atoms with Crippen molar-refractivity contribution in [3.8, 4) is 0 Å². The first-order valence-electron chi connectivity index (χ1n) is 15.8. The lowest BCUT2D eigenvalue weighted by Crippen LogP contribution is -2.33. The van der Waals surface area contributed by atoms with Crippen LogP contribution in [0.2, 0.25) is 10.0 Å². The molecule has 1 atom stereocenters. The molecule has 5 nitrogen and oxygen atoms in total.